The minimum atomic E-state index is -0.306. The fourth-order valence-electron chi connectivity index (χ4n) is 0.743. The van der Waals surface area contributed by atoms with Crippen LogP contribution in [-0.4, -0.2) is 23.2 Å². The summed E-state index contributed by atoms with van der Waals surface area (Å²) in [4.78, 5) is 17.1. The molecule has 5 nitrogen and oxygen atoms in total. The lowest BCUT2D eigenvalue weighted by atomic mass is 10.3. The molecule has 0 unspecified atom stereocenters. The molecule has 0 amide bonds. The van der Waals surface area contributed by atoms with Gasteiger partial charge in [0.1, 0.15) is 5.82 Å². The lowest BCUT2D eigenvalue weighted by Crippen LogP contribution is -2.15. The van der Waals surface area contributed by atoms with Gasteiger partial charge in [0, 0.05) is 13.3 Å². The van der Waals surface area contributed by atoms with Crippen molar-refractivity contribution in [2.45, 2.75) is 0 Å². The van der Waals surface area contributed by atoms with Crippen LogP contribution in [0.5, 0.6) is 0 Å². The molecule has 0 aliphatic heterocycles. The van der Waals surface area contributed by atoms with E-state index in [2.05, 4.69) is 15.3 Å². The van der Waals surface area contributed by atoms with E-state index in [0.717, 1.165) is 6.21 Å². The zero-order chi connectivity index (χ0) is 8.27. The summed E-state index contributed by atoms with van der Waals surface area (Å²) in [5, 5.41) is 9.61. The van der Waals surface area contributed by atoms with Gasteiger partial charge in [0.2, 0.25) is 0 Å². The predicted molar refractivity (Wildman–Crippen MR) is 42.3 cm³/mol. The molecule has 1 aromatic heterocycles. The molecule has 1 rings (SSSR count). The van der Waals surface area contributed by atoms with Crippen LogP contribution in [0, 0.1) is 5.41 Å². The first kappa shape index (κ1) is 7.46. The number of rotatable bonds is 2. The van der Waals surface area contributed by atoms with E-state index in [0.29, 0.717) is 5.82 Å². The van der Waals surface area contributed by atoms with Crippen molar-refractivity contribution in [2.24, 2.45) is 0 Å². The first-order valence-corrected chi connectivity index (χ1v) is 3.05. The molecule has 0 radical (unpaired) electrons. The van der Waals surface area contributed by atoms with Gasteiger partial charge in [-0.15, -0.1) is 0 Å². The van der Waals surface area contributed by atoms with Gasteiger partial charge >= 0.3 is 0 Å². The SMILES string of the molecule is CNc1nc[nH]c(=O)c1C=N. The molecular weight excluding hydrogens is 144 g/mol. The topological polar surface area (TPSA) is 81.6 Å². The van der Waals surface area contributed by atoms with Gasteiger partial charge in [-0.05, 0) is 0 Å². The van der Waals surface area contributed by atoms with E-state index in [4.69, 9.17) is 5.41 Å². The van der Waals surface area contributed by atoms with Gasteiger partial charge in [0.15, 0.2) is 0 Å². The normalized spacial score (nSPS) is 9.18. The third-order valence-electron chi connectivity index (χ3n) is 1.27. The summed E-state index contributed by atoms with van der Waals surface area (Å²) < 4.78 is 0. The fraction of sp³-hybridized carbons (Fsp3) is 0.167. The molecule has 0 saturated carbocycles. The van der Waals surface area contributed by atoms with E-state index >= 15 is 0 Å². The van der Waals surface area contributed by atoms with Crippen molar-refractivity contribution in [2.75, 3.05) is 12.4 Å². The second kappa shape index (κ2) is 2.96. The van der Waals surface area contributed by atoms with Crippen molar-refractivity contribution in [1.29, 1.82) is 5.41 Å². The summed E-state index contributed by atoms with van der Waals surface area (Å²) in [5.41, 5.74) is -0.0608. The molecule has 1 heterocycles. The highest BCUT2D eigenvalue weighted by atomic mass is 16.1. The summed E-state index contributed by atoms with van der Waals surface area (Å²) in [7, 11) is 1.65. The summed E-state index contributed by atoms with van der Waals surface area (Å²) >= 11 is 0. The van der Waals surface area contributed by atoms with Crippen molar-refractivity contribution in [3.05, 3.63) is 22.2 Å². The Kier molecular flexibility index (Phi) is 2.00. The monoisotopic (exact) mass is 152 g/mol. The molecule has 0 aliphatic rings. The molecule has 58 valence electrons. The van der Waals surface area contributed by atoms with Crippen LogP contribution in [-0.2, 0) is 0 Å². The Morgan fingerprint density at radius 3 is 3.00 bits per heavy atom. The lowest BCUT2D eigenvalue weighted by molar-refractivity contribution is 1.10. The molecule has 0 spiro atoms. The average molecular weight is 152 g/mol. The summed E-state index contributed by atoms with van der Waals surface area (Å²) in [6.45, 7) is 0. The van der Waals surface area contributed by atoms with E-state index in [1.165, 1.54) is 6.33 Å². The Morgan fingerprint density at radius 1 is 1.82 bits per heavy atom. The zero-order valence-corrected chi connectivity index (χ0v) is 6.01. The number of aromatic amines is 1. The largest absolute Gasteiger partial charge is 0.372 e. The molecule has 11 heavy (non-hydrogen) atoms. The van der Waals surface area contributed by atoms with E-state index in [-0.39, 0.29) is 11.1 Å². The Hall–Kier alpha value is -1.65. The molecule has 0 saturated heterocycles. The van der Waals surface area contributed by atoms with Gasteiger partial charge in [-0.2, -0.15) is 0 Å². The maximum absolute atomic E-state index is 10.9. The van der Waals surface area contributed by atoms with Gasteiger partial charge < -0.3 is 15.7 Å². The van der Waals surface area contributed by atoms with Crippen molar-refractivity contribution >= 4 is 12.0 Å². The molecular formula is C6H8N4O. The van der Waals surface area contributed by atoms with E-state index < -0.39 is 0 Å². The number of hydrogen-bond donors (Lipinski definition) is 3. The highest BCUT2D eigenvalue weighted by molar-refractivity contribution is 5.83. The van der Waals surface area contributed by atoms with Crippen molar-refractivity contribution < 1.29 is 0 Å². The molecule has 0 bridgehead atoms. The molecule has 0 atom stereocenters. The summed E-state index contributed by atoms with van der Waals surface area (Å²) in [6.07, 6.45) is 2.26. The highest BCUT2D eigenvalue weighted by Gasteiger charge is 2.01. The van der Waals surface area contributed by atoms with E-state index in [1.807, 2.05) is 0 Å². The van der Waals surface area contributed by atoms with Gasteiger partial charge in [-0.25, -0.2) is 4.98 Å². The minimum Gasteiger partial charge on any atom is -0.372 e. The van der Waals surface area contributed by atoms with Crippen molar-refractivity contribution in [3.8, 4) is 0 Å². The molecule has 3 N–H and O–H groups in total. The van der Waals surface area contributed by atoms with Crippen LogP contribution in [0.2, 0.25) is 0 Å². The third-order valence-corrected chi connectivity index (χ3v) is 1.27. The first-order chi connectivity index (χ1) is 5.29. The number of nitrogens with zero attached hydrogens (tertiary/aromatic N) is 1. The number of aromatic nitrogens is 2. The minimum absolute atomic E-state index is 0.245. The molecule has 1 aromatic rings. The maximum Gasteiger partial charge on any atom is 0.261 e. The second-order valence-corrected chi connectivity index (χ2v) is 1.89. The standard InChI is InChI=1S/C6H8N4O/c1-8-5-4(2-7)6(11)10-3-9-5/h2-3,7H,1H3,(H2,8,9,10,11). The number of nitrogens with one attached hydrogen (secondary N) is 3. The van der Waals surface area contributed by atoms with Crippen LogP contribution < -0.4 is 10.9 Å². The fourth-order valence-corrected chi connectivity index (χ4v) is 0.743. The third kappa shape index (κ3) is 1.26. The maximum atomic E-state index is 10.9. The Bertz CT molecular complexity index is 317. The van der Waals surface area contributed by atoms with Crippen LogP contribution >= 0.6 is 0 Å². The van der Waals surface area contributed by atoms with Crippen LogP contribution in [0.3, 0.4) is 0 Å². The van der Waals surface area contributed by atoms with Crippen molar-refractivity contribution in [1.82, 2.24) is 9.97 Å². The second-order valence-electron chi connectivity index (χ2n) is 1.89. The molecule has 5 heteroatoms. The Balaban J connectivity index is 3.36. The van der Waals surface area contributed by atoms with Crippen LogP contribution in [0.15, 0.2) is 11.1 Å². The number of hydrogen-bond acceptors (Lipinski definition) is 4. The van der Waals surface area contributed by atoms with E-state index in [9.17, 15) is 4.79 Å². The first-order valence-electron chi connectivity index (χ1n) is 3.05. The predicted octanol–water partition coefficient (Wildman–Crippen LogP) is -0.191. The molecule has 0 aliphatic carbocycles. The van der Waals surface area contributed by atoms with Crippen LogP contribution in [0.4, 0.5) is 5.82 Å². The van der Waals surface area contributed by atoms with Crippen LogP contribution in [0.25, 0.3) is 0 Å². The summed E-state index contributed by atoms with van der Waals surface area (Å²) in [6, 6.07) is 0. The lowest BCUT2D eigenvalue weighted by Gasteiger charge is -1.99. The highest BCUT2D eigenvalue weighted by Crippen LogP contribution is 1.99. The number of H-pyrrole nitrogens is 1. The Labute approximate surface area is 63.0 Å². The summed E-state index contributed by atoms with van der Waals surface area (Å²) in [5.74, 6) is 0.420. The van der Waals surface area contributed by atoms with E-state index in [1.54, 1.807) is 7.05 Å². The van der Waals surface area contributed by atoms with Crippen LogP contribution in [0.1, 0.15) is 5.56 Å². The van der Waals surface area contributed by atoms with Gasteiger partial charge in [0.25, 0.3) is 5.56 Å². The zero-order valence-electron chi connectivity index (χ0n) is 6.01. The van der Waals surface area contributed by atoms with Gasteiger partial charge in [0.05, 0.1) is 11.9 Å². The average Bonchev–Trinajstić information content (AvgIpc) is 2.04. The quantitative estimate of drug-likeness (QED) is 0.514. The smallest absolute Gasteiger partial charge is 0.261 e. The molecule has 0 fully saturated rings. The Morgan fingerprint density at radius 2 is 2.55 bits per heavy atom. The van der Waals surface area contributed by atoms with Gasteiger partial charge in [-0.1, -0.05) is 0 Å². The molecule has 0 aromatic carbocycles. The number of anilines is 1. The van der Waals surface area contributed by atoms with Gasteiger partial charge in [-0.3, -0.25) is 4.79 Å². The van der Waals surface area contributed by atoms with Crippen molar-refractivity contribution in [3.63, 3.8) is 0 Å².